The van der Waals surface area contributed by atoms with E-state index in [0.29, 0.717) is 5.75 Å². The minimum atomic E-state index is -4.87. The number of hydrogen-bond acceptors (Lipinski definition) is 4. The Morgan fingerprint density at radius 2 is 1.85 bits per heavy atom. The van der Waals surface area contributed by atoms with Crippen LogP contribution in [0.2, 0.25) is 0 Å². The summed E-state index contributed by atoms with van der Waals surface area (Å²) in [5.41, 5.74) is -1.04. The molecule has 0 aliphatic carbocycles. The number of ether oxygens (including phenoxy) is 1. The highest BCUT2D eigenvalue weighted by Crippen LogP contribution is 2.40. The Morgan fingerprint density at radius 1 is 1.15 bits per heavy atom. The van der Waals surface area contributed by atoms with Gasteiger partial charge in [-0.3, -0.25) is 4.79 Å². The summed E-state index contributed by atoms with van der Waals surface area (Å²) in [7, 11) is 0. The molecule has 0 fully saturated rings. The van der Waals surface area contributed by atoms with Gasteiger partial charge in [-0.2, -0.15) is 13.2 Å². The summed E-state index contributed by atoms with van der Waals surface area (Å²) in [4.78, 5) is 15.3. The lowest BCUT2D eigenvalue weighted by Crippen LogP contribution is -2.11. The number of carbonyl (C=O) groups is 1. The lowest BCUT2D eigenvalue weighted by atomic mass is 10.0. The first kappa shape index (κ1) is 17.7. The second-order valence-electron chi connectivity index (χ2n) is 5.69. The van der Waals surface area contributed by atoms with E-state index in [1.807, 2.05) is 30.3 Å². The predicted octanol–water partition coefficient (Wildman–Crippen LogP) is 4.74. The molecule has 0 aliphatic rings. The summed E-state index contributed by atoms with van der Waals surface area (Å²) < 4.78 is 44.8. The number of halogens is 3. The van der Waals surface area contributed by atoms with Crippen LogP contribution in [0.25, 0.3) is 10.9 Å². The van der Waals surface area contributed by atoms with Gasteiger partial charge in [-0.25, -0.2) is 4.98 Å². The van der Waals surface area contributed by atoms with Crippen molar-refractivity contribution in [2.45, 2.75) is 19.7 Å². The van der Waals surface area contributed by atoms with E-state index < -0.39 is 29.0 Å². The van der Waals surface area contributed by atoms with Gasteiger partial charge in [0, 0.05) is 5.39 Å². The van der Waals surface area contributed by atoms with E-state index in [9.17, 15) is 23.1 Å². The summed E-state index contributed by atoms with van der Waals surface area (Å²) in [6, 6.07) is 13.5. The highest BCUT2D eigenvalue weighted by Gasteiger charge is 2.38. The number of fused-ring (bicyclic) bond motifs is 1. The minimum Gasteiger partial charge on any atom is -0.505 e. The molecule has 1 heterocycles. The van der Waals surface area contributed by atoms with Crippen molar-refractivity contribution in [3.8, 4) is 11.5 Å². The van der Waals surface area contributed by atoms with E-state index >= 15 is 0 Å². The summed E-state index contributed by atoms with van der Waals surface area (Å²) in [5.74, 6) is -1.51. The third-order valence-corrected chi connectivity index (χ3v) is 3.80. The molecule has 1 N–H and O–H groups in total. The number of alkyl halides is 3. The molecule has 0 saturated carbocycles. The third kappa shape index (κ3) is 3.46. The third-order valence-electron chi connectivity index (χ3n) is 3.80. The molecule has 26 heavy (non-hydrogen) atoms. The Bertz CT molecular complexity index is 969. The number of aromatic nitrogens is 1. The zero-order chi connectivity index (χ0) is 18.9. The maximum Gasteiger partial charge on any atom is 0.437 e. The van der Waals surface area contributed by atoms with Crippen LogP contribution in [0.15, 0.2) is 48.5 Å². The molecule has 3 aromatic rings. The second-order valence-corrected chi connectivity index (χ2v) is 5.69. The molecule has 3 rings (SSSR count). The standard InChI is InChI=1S/C19H14F3NO3/c1-11(24)16-14-9-13(26-10-12-5-3-2-4-6-12)7-8-15(14)23-18(17(16)25)19(20,21)22/h2-9,25H,10H2,1H3. The fourth-order valence-electron chi connectivity index (χ4n) is 2.62. The molecule has 0 aliphatic heterocycles. The van der Waals surface area contributed by atoms with Crippen LogP contribution >= 0.6 is 0 Å². The van der Waals surface area contributed by atoms with Gasteiger partial charge in [-0.1, -0.05) is 30.3 Å². The van der Waals surface area contributed by atoms with Crippen LogP contribution in [-0.4, -0.2) is 15.9 Å². The second kappa shape index (κ2) is 6.67. The van der Waals surface area contributed by atoms with Crippen molar-refractivity contribution < 1.29 is 27.8 Å². The normalized spacial score (nSPS) is 11.5. The fraction of sp³-hybridized carbons (Fsp3) is 0.158. The van der Waals surface area contributed by atoms with Crippen molar-refractivity contribution in [3.05, 3.63) is 65.4 Å². The minimum absolute atomic E-state index is 0.0487. The molecule has 134 valence electrons. The van der Waals surface area contributed by atoms with E-state index in [1.165, 1.54) is 18.2 Å². The van der Waals surface area contributed by atoms with Crippen molar-refractivity contribution in [1.82, 2.24) is 4.98 Å². The van der Waals surface area contributed by atoms with Gasteiger partial charge in [-0.05, 0) is 30.7 Å². The lowest BCUT2D eigenvalue weighted by Gasteiger charge is -2.14. The van der Waals surface area contributed by atoms with Crippen molar-refractivity contribution in [2.75, 3.05) is 0 Å². The molecule has 2 aromatic carbocycles. The molecule has 0 radical (unpaired) electrons. The fourth-order valence-corrected chi connectivity index (χ4v) is 2.62. The summed E-state index contributed by atoms with van der Waals surface area (Å²) in [6.07, 6.45) is -4.87. The van der Waals surface area contributed by atoms with Crippen LogP contribution in [0, 0.1) is 0 Å². The molecule has 0 amide bonds. The largest absolute Gasteiger partial charge is 0.505 e. The van der Waals surface area contributed by atoms with Crippen LogP contribution in [0.5, 0.6) is 11.5 Å². The number of rotatable bonds is 4. The maximum absolute atomic E-state index is 13.0. The van der Waals surface area contributed by atoms with Crippen molar-refractivity contribution in [2.24, 2.45) is 0 Å². The number of Topliss-reactive ketones (excluding diaryl/α,β-unsaturated/α-hetero) is 1. The van der Waals surface area contributed by atoms with Gasteiger partial charge in [0.15, 0.2) is 17.2 Å². The molecule has 0 unspecified atom stereocenters. The zero-order valence-corrected chi connectivity index (χ0v) is 13.7. The zero-order valence-electron chi connectivity index (χ0n) is 13.7. The van der Waals surface area contributed by atoms with Gasteiger partial charge in [0.25, 0.3) is 0 Å². The number of pyridine rings is 1. The van der Waals surface area contributed by atoms with E-state index in [1.54, 1.807) is 0 Å². The van der Waals surface area contributed by atoms with E-state index in [0.717, 1.165) is 12.5 Å². The molecule has 4 nitrogen and oxygen atoms in total. The highest BCUT2D eigenvalue weighted by molar-refractivity contribution is 6.09. The van der Waals surface area contributed by atoms with Crippen LogP contribution in [0.4, 0.5) is 13.2 Å². The molecular formula is C19H14F3NO3. The Morgan fingerprint density at radius 3 is 2.46 bits per heavy atom. The van der Waals surface area contributed by atoms with Gasteiger partial charge in [0.05, 0.1) is 11.1 Å². The van der Waals surface area contributed by atoms with E-state index in [2.05, 4.69) is 4.98 Å². The smallest absolute Gasteiger partial charge is 0.437 e. The number of ketones is 1. The first-order valence-electron chi connectivity index (χ1n) is 7.69. The van der Waals surface area contributed by atoms with Gasteiger partial charge in [0.2, 0.25) is 0 Å². The Kier molecular flexibility index (Phi) is 4.54. The Balaban J connectivity index is 2.06. The molecule has 0 saturated heterocycles. The van der Waals surface area contributed by atoms with Gasteiger partial charge in [-0.15, -0.1) is 0 Å². The molecule has 7 heteroatoms. The monoisotopic (exact) mass is 361 g/mol. The van der Waals surface area contributed by atoms with Crippen molar-refractivity contribution in [3.63, 3.8) is 0 Å². The number of nitrogens with zero attached hydrogens (tertiary/aromatic N) is 1. The van der Waals surface area contributed by atoms with E-state index in [4.69, 9.17) is 4.74 Å². The molecular weight excluding hydrogens is 347 g/mol. The molecule has 0 atom stereocenters. The maximum atomic E-state index is 13.0. The van der Waals surface area contributed by atoms with Gasteiger partial charge >= 0.3 is 6.18 Å². The first-order chi connectivity index (χ1) is 12.3. The van der Waals surface area contributed by atoms with Crippen LogP contribution < -0.4 is 4.74 Å². The van der Waals surface area contributed by atoms with Crippen LogP contribution in [-0.2, 0) is 12.8 Å². The summed E-state index contributed by atoms with van der Waals surface area (Å²) in [6.45, 7) is 1.34. The van der Waals surface area contributed by atoms with Crippen LogP contribution in [0.1, 0.15) is 28.5 Å². The Labute approximate surface area is 146 Å². The van der Waals surface area contributed by atoms with E-state index in [-0.39, 0.29) is 17.5 Å². The predicted molar refractivity (Wildman–Crippen MR) is 89.2 cm³/mol. The molecule has 1 aromatic heterocycles. The highest BCUT2D eigenvalue weighted by atomic mass is 19.4. The lowest BCUT2D eigenvalue weighted by molar-refractivity contribution is -0.142. The molecule has 0 bridgehead atoms. The SMILES string of the molecule is CC(=O)c1c(O)c(C(F)(F)F)nc2ccc(OCc3ccccc3)cc12. The molecule has 0 spiro atoms. The average molecular weight is 361 g/mol. The van der Waals surface area contributed by atoms with Crippen molar-refractivity contribution in [1.29, 1.82) is 0 Å². The van der Waals surface area contributed by atoms with Gasteiger partial charge < -0.3 is 9.84 Å². The number of benzene rings is 2. The quantitative estimate of drug-likeness (QED) is 0.682. The summed E-state index contributed by atoms with van der Waals surface area (Å²) >= 11 is 0. The average Bonchev–Trinajstić information content (AvgIpc) is 2.58. The van der Waals surface area contributed by atoms with Crippen LogP contribution in [0.3, 0.4) is 0 Å². The number of aromatic hydroxyl groups is 1. The first-order valence-corrected chi connectivity index (χ1v) is 7.69. The summed E-state index contributed by atoms with van der Waals surface area (Å²) in [5, 5.41) is 10.1. The number of hydrogen-bond donors (Lipinski definition) is 1. The van der Waals surface area contributed by atoms with Crippen molar-refractivity contribution >= 4 is 16.7 Å². The Hall–Kier alpha value is -3.09. The van der Waals surface area contributed by atoms with Gasteiger partial charge in [0.1, 0.15) is 12.4 Å². The topological polar surface area (TPSA) is 59.4 Å². The number of carbonyl (C=O) groups excluding carboxylic acids is 1.